The smallest absolute Gasteiger partial charge is 0.309 e. The molecule has 6 aliphatic rings. The van der Waals surface area contributed by atoms with Gasteiger partial charge in [-0.2, -0.15) is 0 Å². The molecule has 2 unspecified atom stereocenters. The lowest BCUT2D eigenvalue weighted by atomic mass is 9.50. The summed E-state index contributed by atoms with van der Waals surface area (Å²) in [4.78, 5) is 41.3. The molecule has 0 aromatic heterocycles. The highest BCUT2D eigenvalue weighted by molar-refractivity contribution is 5.92. The van der Waals surface area contributed by atoms with Crippen LogP contribution in [0.1, 0.15) is 58.8 Å². The third kappa shape index (κ3) is 2.79. The van der Waals surface area contributed by atoms with Crippen LogP contribution in [-0.2, 0) is 23.9 Å². The van der Waals surface area contributed by atoms with Crippen LogP contribution in [0.25, 0.3) is 0 Å². The first-order valence-electron chi connectivity index (χ1n) is 12.2. The van der Waals surface area contributed by atoms with E-state index in [4.69, 9.17) is 9.47 Å². The van der Waals surface area contributed by atoms with E-state index in [9.17, 15) is 19.5 Å². The lowest BCUT2D eigenvalue weighted by Crippen LogP contribution is -2.65. The molecule has 7 atom stereocenters. The maximum absolute atomic E-state index is 14.5. The summed E-state index contributed by atoms with van der Waals surface area (Å²) in [6.07, 6.45) is 4.80. The molecule has 176 valence electrons. The van der Waals surface area contributed by atoms with Gasteiger partial charge in [-0.1, -0.05) is 18.1 Å². The number of carbonyl (C=O) groups excluding carboxylic acids is 3. The van der Waals surface area contributed by atoms with E-state index in [2.05, 4.69) is 0 Å². The highest BCUT2D eigenvalue weighted by Gasteiger charge is 2.73. The van der Waals surface area contributed by atoms with Gasteiger partial charge >= 0.3 is 11.9 Å². The molecule has 3 heterocycles. The van der Waals surface area contributed by atoms with Gasteiger partial charge in [0.05, 0.1) is 31.2 Å². The van der Waals surface area contributed by atoms with E-state index in [1.54, 1.807) is 0 Å². The molecule has 1 spiro atoms. The minimum absolute atomic E-state index is 0.0225. The van der Waals surface area contributed by atoms with Crippen LogP contribution in [0.3, 0.4) is 0 Å². The molecule has 4 fully saturated rings. The Balaban J connectivity index is 1.74. The number of hydrogen-bond acceptors (Lipinski definition) is 6. The Morgan fingerprint density at radius 2 is 1.94 bits per heavy atom. The number of carbonyl (C=O) groups is 3. The summed E-state index contributed by atoms with van der Waals surface area (Å²) in [6, 6.07) is 0. The number of rotatable bonds is 3. The normalized spacial score (nSPS) is 42.7. The Hall–Kier alpha value is -1.89. The van der Waals surface area contributed by atoms with Gasteiger partial charge < -0.3 is 19.5 Å². The van der Waals surface area contributed by atoms with Gasteiger partial charge in [-0.25, -0.2) is 0 Å². The molecule has 0 aromatic rings. The molecule has 6 rings (SSSR count). The fraction of sp³-hybridized carbons (Fsp3) is 0.800. The first-order chi connectivity index (χ1) is 15.2. The largest absolute Gasteiger partial charge is 0.469 e. The van der Waals surface area contributed by atoms with Gasteiger partial charge in [0.15, 0.2) is 0 Å². The second-order valence-corrected chi connectivity index (χ2v) is 10.9. The van der Waals surface area contributed by atoms with Gasteiger partial charge in [0, 0.05) is 25.4 Å². The Morgan fingerprint density at radius 3 is 2.66 bits per heavy atom. The number of allylic oxidation sites excluding steroid dienone is 1. The Bertz CT molecular complexity index is 882. The van der Waals surface area contributed by atoms with Crippen LogP contribution >= 0.6 is 0 Å². The average molecular weight is 446 g/mol. The summed E-state index contributed by atoms with van der Waals surface area (Å²) in [5, 5.41) is 10.9. The second kappa shape index (κ2) is 7.57. The molecule has 0 aromatic carbocycles. The standard InChI is InChI=1S/C25H35NO6/c1-14-11-26-12-17-6-4-16-5-7-18-19(22(29)31-3)10-25(21(16)18,23(26)30)24(17,9-8-20(14)28)13-32-15(2)27/h14,17-20,28H,4-13H2,1-3H3/t14-,17?,18-,19-,20-,24?,25+/m1/s1. The van der Waals surface area contributed by atoms with Crippen molar-refractivity contribution in [3.05, 3.63) is 11.1 Å². The van der Waals surface area contributed by atoms with Gasteiger partial charge in [0.2, 0.25) is 5.91 Å². The predicted molar refractivity (Wildman–Crippen MR) is 115 cm³/mol. The number of aliphatic hydroxyl groups excluding tert-OH is 1. The lowest BCUT2D eigenvalue weighted by molar-refractivity contribution is -0.179. The van der Waals surface area contributed by atoms with Crippen molar-refractivity contribution in [1.82, 2.24) is 4.90 Å². The summed E-state index contributed by atoms with van der Waals surface area (Å²) < 4.78 is 10.9. The van der Waals surface area contributed by atoms with E-state index in [0.717, 1.165) is 25.7 Å². The first-order valence-corrected chi connectivity index (χ1v) is 12.2. The molecule has 7 heteroatoms. The quantitative estimate of drug-likeness (QED) is 0.530. The fourth-order valence-electron chi connectivity index (χ4n) is 8.16. The molecular weight excluding hydrogens is 410 g/mol. The number of fused-ring (bicyclic) bond motifs is 4. The molecule has 1 amide bonds. The maximum atomic E-state index is 14.5. The monoisotopic (exact) mass is 445 g/mol. The van der Waals surface area contributed by atoms with Crippen LogP contribution in [0.5, 0.6) is 0 Å². The number of hydrogen-bond donors (Lipinski definition) is 1. The van der Waals surface area contributed by atoms with Crippen LogP contribution in [0, 0.1) is 34.5 Å². The van der Waals surface area contributed by atoms with Gasteiger partial charge in [-0.15, -0.1) is 0 Å². The van der Waals surface area contributed by atoms with Crippen molar-refractivity contribution in [3.63, 3.8) is 0 Å². The summed E-state index contributed by atoms with van der Waals surface area (Å²) in [5.74, 6) is -0.678. The fourth-order valence-corrected chi connectivity index (χ4v) is 8.16. The number of amides is 1. The van der Waals surface area contributed by atoms with Gasteiger partial charge in [0.1, 0.15) is 0 Å². The van der Waals surface area contributed by atoms with Crippen molar-refractivity contribution >= 4 is 17.8 Å². The SMILES string of the molecule is COC(=O)[C@@H]1C[C@@]23C(=O)N4CC(CCC5=C2[C@@H]1CC5)C3(COC(C)=O)CC[C@@H](O)[C@H](C)C4. The van der Waals surface area contributed by atoms with Crippen LogP contribution < -0.4 is 0 Å². The summed E-state index contributed by atoms with van der Waals surface area (Å²) in [6.45, 7) is 4.75. The maximum Gasteiger partial charge on any atom is 0.309 e. The van der Waals surface area contributed by atoms with Crippen molar-refractivity contribution in [2.24, 2.45) is 34.5 Å². The highest BCUT2D eigenvalue weighted by Crippen LogP contribution is 2.71. The molecule has 3 aliphatic heterocycles. The highest BCUT2D eigenvalue weighted by atomic mass is 16.5. The van der Waals surface area contributed by atoms with E-state index in [0.29, 0.717) is 32.4 Å². The molecule has 3 aliphatic carbocycles. The second-order valence-electron chi connectivity index (χ2n) is 10.9. The zero-order valence-electron chi connectivity index (χ0n) is 19.4. The number of esters is 2. The molecule has 3 saturated heterocycles. The lowest BCUT2D eigenvalue weighted by Gasteiger charge is -2.57. The van der Waals surface area contributed by atoms with Gasteiger partial charge in [0.25, 0.3) is 0 Å². The Labute approximate surface area is 189 Å². The number of nitrogens with zero attached hydrogens (tertiary/aromatic N) is 1. The average Bonchev–Trinajstić information content (AvgIpc) is 3.32. The van der Waals surface area contributed by atoms with Crippen LogP contribution in [0.15, 0.2) is 11.1 Å². The first kappa shape index (κ1) is 21.9. The van der Waals surface area contributed by atoms with Crippen molar-refractivity contribution in [1.29, 1.82) is 0 Å². The minimum Gasteiger partial charge on any atom is -0.469 e. The van der Waals surface area contributed by atoms with E-state index in [1.165, 1.54) is 25.2 Å². The molecule has 1 N–H and O–H groups in total. The van der Waals surface area contributed by atoms with Crippen LogP contribution in [-0.4, -0.2) is 60.8 Å². The van der Waals surface area contributed by atoms with E-state index in [-0.39, 0.29) is 48.1 Å². The third-order valence-electron chi connectivity index (χ3n) is 9.59. The number of aliphatic hydroxyl groups is 1. The van der Waals surface area contributed by atoms with Crippen molar-refractivity contribution < 1.29 is 29.0 Å². The van der Waals surface area contributed by atoms with E-state index < -0.39 is 16.9 Å². The molecule has 4 bridgehead atoms. The van der Waals surface area contributed by atoms with E-state index in [1.807, 2.05) is 11.8 Å². The van der Waals surface area contributed by atoms with Crippen LogP contribution in [0.2, 0.25) is 0 Å². The van der Waals surface area contributed by atoms with Crippen molar-refractivity contribution in [3.8, 4) is 0 Å². The minimum atomic E-state index is -0.846. The van der Waals surface area contributed by atoms with Gasteiger partial charge in [-0.3, -0.25) is 14.4 Å². The van der Waals surface area contributed by atoms with Crippen molar-refractivity contribution in [2.45, 2.75) is 64.9 Å². The molecule has 0 radical (unpaired) electrons. The van der Waals surface area contributed by atoms with Crippen LogP contribution in [0.4, 0.5) is 0 Å². The molecule has 7 nitrogen and oxygen atoms in total. The zero-order chi connectivity index (χ0) is 22.8. The number of ether oxygens (including phenoxy) is 2. The summed E-state index contributed by atoms with van der Waals surface area (Å²) in [5.41, 5.74) is 1.07. The molecule has 32 heavy (non-hydrogen) atoms. The summed E-state index contributed by atoms with van der Waals surface area (Å²) in [7, 11) is 1.43. The zero-order valence-corrected chi connectivity index (χ0v) is 19.4. The van der Waals surface area contributed by atoms with Gasteiger partial charge in [-0.05, 0) is 62.7 Å². The van der Waals surface area contributed by atoms with E-state index >= 15 is 0 Å². The number of methoxy groups -OCH3 is 1. The number of piperidine rings is 1. The summed E-state index contributed by atoms with van der Waals surface area (Å²) >= 11 is 0. The predicted octanol–water partition coefficient (Wildman–Crippen LogP) is 2.46. The third-order valence-corrected chi connectivity index (χ3v) is 9.59. The van der Waals surface area contributed by atoms with Crippen molar-refractivity contribution in [2.75, 3.05) is 26.8 Å². The molecule has 1 saturated carbocycles. The Kier molecular flexibility index (Phi) is 5.19. The molecular formula is C25H35NO6. The Morgan fingerprint density at radius 1 is 1.19 bits per heavy atom. The topological polar surface area (TPSA) is 93.1 Å².